The zero-order valence-corrected chi connectivity index (χ0v) is 10.6. The lowest BCUT2D eigenvalue weighted by Crippen LogP contribution is -2.02. The van der Waals surface area contributed by atoms with Gasteiger partial charge >= 0.3 is 5.97 Å². The first-order valence-electron chi connectivity index (χ1n) is 5.77. The molecule has 0 fully saturated rings. The summed E-state index contributed by atoms with van der Waals surface area (Å²) in [5, 5.41) is 10.2. The van der Waals surface area contributed by atoms with Crippen molar-refractivity contribution in [2.24, 2.45) is 0 Å². The molecule has 2 aromatic rings. The van der Waals surface area contributed by atoms with Crippen molar-refractivity contribution in [3.05, 3.63) is 35.0 Å². The van der Waals surface area contributed by atoms with Crippen LogP contribution in [0.2, 0.25) is 0 Å². The van der Waals surface area contributed by atoms with Gasteiger partial charge in [0.15, 0.2) is 0 Å². The number of aromatic nitrogens is 1. The second kappa shape index (κ2) is 3.91. The molecule has 0 aliphatic heterocycles. The summed E-state index contributed by atoms with van der Waals surface area (Å²) in [5.41, 5.74) is 3.43. The highest BCUT2D eigenvalue weighted by molar-refractivity contribution is 5.96. The molecular weight excluding hydrogens is 214 g/mol. The molecule has 0 unspecified atom stereocenters. The number of rotatable bonds is 2. The lowest BCUT2D eigenvalue weighted by Gasteiger charge is -2.10. The van der Waals surface area contributed by atoms with E-state index in [0.717, 1.165) is 22.0 Å². The fourth-order valence-electron chi connectivity index (χ4n) is 2.23. The predicted molar refractivity (Wildman–Crippen MR) is 68.8 cm³/mol. The maximum atomic E-state index is 11.1. The molecule has 0 bridgehead atoms. The largest absolute Gasteiger partial charge is 0.478 e. The summed E-state index contributed by atoms with van der Waals surface area (Å²) in [4.78, 5) is 11.1. The molecule has 0 saturated heterocycles. The van der Waals surface area contributed by atoms with E-state index in [1.807, 2.05) is 19.9 Å². The van der Waals surface area contributed by atoms with E-state index in [4.69, 9.17) is 5.11 Å². The topological polar surface area (TPSA) is 42.2 Å². The van der Waals surface area contributed by atoms with Crippen LogP contribution >= 0.6 is 0 Å². The van der Waals surface area contributed by atoms with Gasteiger partial charge in [-0.15, -0.1) is 0 Å². The van der Waals surface area contributed by atoms with Crippen molar-refractivity contribution in [2.45, 2.75) is 33.7 Å². The fraction of sp³-hybridized carbons (Fsp3) is 0.357. The highest BCUT2D eigenvalue weighted by Crippen LogP contribution is 2.27. The zero-order valence-electron chi connectivity index (χ0n) is 10.6. The number of carboxylic acid groups (broad SMARTS) is 1. The molecule has 3 heteroatoms. The summed E-state index contributed by atoms with van der Waals surface area (Å²) in [7, 11) is 0. The van der Waals surface area contributed by atoms with E-state index in [9.17, 15) is 4.79 Å². The van der Waals surface area contributed by atoms with Crippen LogP contribution in [0, 0.1) is 13.8 Å². The van der Waals surface area contributed by atoms with Crippen molar-refractivity contribution >= 4 is 16.9 Å². The molecule has 1 N–H and O–H groups in total. The molecular formula is C14H17NO2. The van der Waals surface area contributed by atoms with Gasteiger partial charge in [0.05, 0.1) is 5.56 Å². The zero-order chi connectivity index (χ0) is 12.7. The highest BCUT2D eigenvalue weighted by atomic mass is 16.4. The Kier molecular flexibility index (Phi) is 2.69. The molecule has 0 amide bonds. The molecule has 2 rings (SSSR count). The second-order valence-corrected chi connectivity index (χ2v) is 4.80. The van der Waals surface area contributed by atoms with E-state index in [-0.39, 0.29) is 0 Å². The first kappa shape index (κ1) is 11.7. The Morgan fingerprint density at radius 2 is 1.88 bits per heavy atom. The third-order valence-corrected chi connectivity index (χ3v) is 3.17. The van der Waals surface area contributed by atoms with Crippen LogP contribution in [0.5, 0.6) is 0 Å². The van der Waals surface area contributed by atoms with Gasteiger partial charge in [0.25, 0.3) is 0 Å². The molecule has 1 heterocycles. The number of carbonyl (C=O) groups is 1. The van der Waals surface area contributed by atoms with Crippen molar-refractivity contribution in [1.82, 2.24) is 4.57 Å². The first-order valence-corrected chi connectivity index (χ1v) is 5.77. The van der Waals surface area contributed by atoms with Crippen LogP contribution in [0.3, 0.4) is 0 Å². The molecule has 0 saturated carbocycles. The minimum absolute atomic E-state index is 0.376. The Balaban J connectivity index is 2.80. The summed E-state index contributed by atoms with van der Waals surface area (Å²) in [6.07, 6.45) is 2.08. The van der Waals surface area contributed by atoms with E-state index in [1.165, 1.54) is 0 Å². The maximum absolute atomic E-state index is 11.1. The molecule has 0 aliphatic carbocycles. The third kappa shape index (κ3) is 1.82. The van der Waals surface area contributed by atoms with Crippen molar-refractivity contribution < 1.29 is 9.90 Å². The average molecular weight is 231 g/mol. The van der Waals surface area contributed by atoms with Gasteiger partial charge in [0.2, 0.25) is 0 Å². The summed E-state index contributed by atoms with van der Waals surface area (Å²) >= 11 is 0. The average Bonchev–Trinajstić information content (AvgIpc) is 2.54. The van der Waals surface area contributed by atoms with E-state index in [2.05, 4.69) is 24.6 Å². The molecule has 0 radical (unpaired) electrons. The minimum Gasteiger partial charge on any atom is -0.478 e. The SMILES string of the molecule is Cc1cc2c(cc1C(=O)O)c(C)cn2C(C)C. The van der Waals surface area contributed by atoms with Gasteiger partial charge in [-0.25, -0.2) is 4.79 Å². The third-order valence-electron chi connectivity index (χ3n) is 3.17. The van der Waals surface area contributed by atoms with Crippen LogP contribution in [0.1, 0.15) is 41.4 Å². The van der Waals surface area contributed by atoms with E-state index in [1.54, 1.807) is 6.07 Å². The van der Waals surface area contributed by atoms with E-state index >= 15 is 0 Å². The van der Waals surface area contributed by atoms with Crippen molar-refractivity contribution in [2.75, 3.05) is 0 Å². The van der Waals surface area contributed by atoms with Gasteiger partial charge in [-0.3, -0.25) is 0 Å². The van der Waals surface area contributed by atoms with Crippen LogP contribution in [0.15, 0.2) is 18.3 Å². The number of benzene rings is 1. The number of nitrogens with zero attached hydrogens (tertiary/aromatic N) is 1. The summed E-state index contributed by atoms with van der Waals surface area (Å²) in [6, 6.07) is 4.12. The van der Waals surface area contributed by atoms with Crippen LogP contribution < -0.4 is 0 Å². The number of aromatic carboxylic acids is 1. The minimum atomic E-state index is -0.860. The molecule has 0 aliphatic rings. The van der Waals surface area contributed by atoms with Gasteiger partial charge < -0.3 is 9.67 Å². The Bertz CT molecular complexity index is 594. The van der Waals surface area contributed by atoms with Crippen LogP contribution in [-0.4, -0.2) is 15.6 Å². The molecule has 1 aromatic heterocycles. The van der Waals surface area contributed by atoms with Gasteiger partial charge in [0.1, 0.15) is 0 Å². The van der Waals surface area contributed by atoms with E-state index < -0.39 is 5.97 Å². The first-order chi connectivity index (χ1) is 7.91. The van der Waals surface area contributed by atoms with Gasteiger partial charge in [0, 0.05) is 23.1 Å². The second-order valence-electron chi connectivity index (χ2n) is 4.80. The normalized spacial score (nSPS) is 11.4. The van der Waals surface area contributed by atoms with Crippen LogP contribution in [0.4, 0.5) is 0 Å². The highest BCUT2D eigenvalue weighted by Gasteiger charge is 2.13. The van der Waals surface area contributed by atoms with Crippen molar-refractivity contribution in [1.29, 1.82) is 0 Å². The summed E-state index contributed by atoms with van der Waals surface area (Å²) in [5.74, 6) is -0.860. The molecule has 90 valence electrons. The number of fused-ring (bicyclic) bond motifs is 1. The van der Waals surface area contributed by atoms with Crippen LogP contribution in [0.25, 0.3) is 10.9 Å². The molecule has 3 nitrogen and oxygen atoms in total. The molecule has 1 aromatic carbocycles. The number of aryl methyl sites for hydroxylation is 2. The lowest BCUT2D eigenvalue weighted by molar-refractivity contribution is 0.0696. The summed E-state index contributed by atoms with van der Waals surface area (Å²) < 4.78 is 2.18. The van der Waals surface area contributed by atoms with Crippen molar-refractivity contribution in [3.63, 3.8) is 0 Å². The number of carboxylic acids is 1. The Labute approximate surface area is 101 Å². The molecule has 0 spiro atoms. The maximum Gasteiger partial charge on any atom is 0.335 e. The number of hydrogen-bond donors (Lipinski definition) is 1. The van der Waals surface area contributed by atoms with Crippen LogP contribution in [-0.2, 0) is 0 Å². The summed E-state index contributed by atoms with van der Waals surface area (Å²) in [6.45, 7) is 8.11. The monoisotopic (exact) mass is 231 g/mol. The molecule has 0 atom stereocenters. The van der Waals surface area contributed by atoms with Gasteiger partial charge in [-0.2, -0.15) is 0 Å². The Morgan fingerprint density at radius 3 is 2.41 bits per heavy atom. The van der Waals surface area contributed by atoms with Crippen molar-refractivity contribution in [3.8, 4) is 0 Å². The molecule has 17 heavy (non-hydrogen) atoms. The Morgan fingerprint density at radius 1 is 1.24 bits per heavy atom. The van der Waals surface area contributed by atoms with Gasteiger partial charge in [-0.1, -0.05) is 0 Å². The lowest BCUT2D eigenvalue weighted by atomic mass is 10.0. The number of hydrogen-bond acceptors (Lipinski definition) is 1. The predicted octanol–water partition coefficient (Wildman–Crippen LogP) is 3.54. The Hall–Kier alpha value is -1.77. The standard InChI is InChI=1S/C14H17NO2/c1-8(2)15-7-10(4)11-6-12(14(16)17)9(3)5-13(11)15/h5-8H,1-4H3,(H,16,17). The quantitative estimate of drug-likeness (QED) is 0.859. The van der Waals surface area contributed by atoms with E-state index in [0.29, 0.717) is 11.6 Å². The van der Waals surface area contributed by atoms with Gasteiger partial charge in [-0.05, 0) is 51.0 Å². The smallest absolute Gasteiger partial charge is 0.335 e. The fourth-order valence-corrected chi connectivity index (χ4v) is 2.23.